The molecule has 1 aromatic rings. The van der Waals surface area contributed by atoms with Gasteiger partial charge < -0.3 is 11.1 Å². The fraction of sp³-hybridized carbons (Fsp3) is 0.714. The van der Waals surface area contributed by atoms with Gasteiger partial charge in [0, 0.05) is 30.5 Å². The van der Waals surface area contributed by atoms with Crippen LogP contribution in [-0.4, -0.2) is 24.0 Å². The molecule has 19 heavy (non-hydrogen) atoms. The number of aromatic nitrogens is 1. The van der Waals surface area contributed by atoms with Gasteiger partial charge in [-0.15, -0.1) is 11.3 Å². The number of hydrogen-bond acceptors (Lipinski definition) is 4. The monoisotopic (exact) mass is 283 g/mol. The summed E-state index contributed by atoms with van der Waals surface area (Å²) in [6.07, 6.45) is 2.35. The Morgan fingerprint density at radius 2 is 2.26 bits per heavy atom. The number of amides is 1. The van der Waals surface area contributed by atoms with Crippen LogP contribution >= 0.6 is 11.3 Å². The smallest absolute Gasteiger partial charge is 0.220 e. The number of nitrogens with zero attached hydrogens (tertiary/aromatic N) is 1. The van der Waals surface area contributed by atoms with Crippen LogP contribution in [0.2, 0.25) is 0 Å². The normalized spacial score (nSPS) is 12.7. The fourth-order valence-corrected chi connectivity index (χ4v) is 2.87. The molecule has 0 bridgehead atoms. The van der Waals surface area contributed by atoms with Gasteiger partial charge in [0.05, 0.1) is 5.01 Å². The van der Waals surface area contributed by atoms with Gasteiger partial charge in [0.15, 0.2) is 0 Å². The Bertz CT molecular complexity index is 390. The summed E-state index contributed by atoms with van der Waals surface area (Å²) < 4.78 is 0. The zero-order chi connectivity index (χ0) is 14.3. The summed E-state index contributed by atoms with van der Waals surface area (Å²) >= 11 is 1.65. The number of rotatable bonds is 8. The van der Waals surface area contributed by atoms with Crippen molar-refractivity contribution in [2.45, 2.75) is 40.0 Å². The summed E-state index contributed by atoms with van der Waals surface area (Å²) in [5, 5.41) is 6.06. The molecule has 0 spiro atoms. The molecule has 1 unspecified atom stereocenters. The average molecular weight is 283 g/mol. The van der Waals surface area contributed by atoms with Crippen molar-refractivity contribution in [1.82, 2.24) is 10.3 Å². The molecule has 0 saturated heterocycles. The number of aryl methyl sites for hydroxylation is 1. The molecule has 1 atom stereocenters. The highest BCUT2D eigenvalue weighted by atomic mass is 32.1. The Labute approximate surface area is 119 Å². The molecule has 0 aliphatic rings. The summed E-state index contributed by atoms with van der Waals surface area (Å²) in [4.78, 5) is 16.2. The van der Waals surface area contributed by atoms with Crippen molar-refractivity contribution in [3.63, 3.8) is 0 Å². The number of nitrogens with two attached hydrogens (primary N) is 1. The van der Waals surface area contributed by atoms with Gasteiger partial charge in [-0.3, -0.25) is 4.79 Å². The summed E-state index contributed by atoms with van der Waals surface area (Å²) in [6.45, 7) is 7.54. The minimum atomic E-state index is 0.101. The SMILES string of the molecule is Cc1csc(CCNC(=O)CC(CN)CC(C)C)n1. The molecule has 0 aromatic carbocycles. The molecule has 1 aromatic heterocycles. The van der Waals surface area contributed by atoms with Crippen LogP contribution in [0.25, 0.3) is 0 Å². The van der Waals surface area contributed by atoms with Crippen LogP contribution in [0, 0.1) is 18.8 Å². The number of hydrogen-bond donors (Lipinski definition) is 2. The summed E-state index contributed by atoms with van der Waals surface area (Å²) in [5.74, 6) is 0.978. The van der Waals surface area contributed by atoms with Gasteiger partial charge in [-0.25, -0.2) is 4.98 Å². The quantitative estimate of drug-likeness (QED) is 0.768. The summed E-state index contributed by atoms with van der Waals surface area (Å²) in [6, 6.07) is 0. The van der Waals surface area contributed by atoms with Crippen LogP contribution < -0.4 is 11.1 Å². The Morgan fingerprint density at radius 3 is 2.79 bits per heavy atom. The third-order valence-electron chi connectivity index (χ3n) is 2.94. The zero-order valence-corrected chi connectivity index (χ0v) is 12.9. The van der Waals surface area contributed by atoms with Crippen LogP contribution in [0.1, 0.15) is 37.4 Å². The minimum Gasteiger partial charge on any atom is -0.356 e. The van der Waals surface area contributed by atoms with Crippen molar-refractivity contribution in [3.8, 4) is 0 Å². The highest BCUT2D eigenvalue weighted by Gasteiger charge is 2.13. The Balaban J connectivity index is 2.23. The Kier molecular flexibility index (Phi) is 7.02. The molecule has 1 heterocycles. The lowest BCUT2D eigenvalue weighted by Gasteiger charge is -2.16. The number of nitrogens with one attached hydrogen (secondary N) is 1. The molecule has 3 N–H and O–H groups in total. The maximum Gasteiger partial charge on any atom is 0.220 e. The Hall–Kier alpha value is -0.940. The number of thiazole rings is 1. The third-order valence-corrected chi connectivity index (χ3v) is 3.97. The standard InChI is InChI=1S/C14H25N3OS/c1-10(2)6-12(8-15)7-13(18)16-5-4-14-17-11(3)9-19-14/h9-10,12H,4-8,15H2,1-3H3,(H,16,18). The van der Waals surface area contributed by atoms with E-state index in [0.717, 1.165) is 23.5 Å². The first-order valence-corrected chi connectivity index (χ1v) is 7.77. The van der Waals surface area contributed by atoms with Gasteiger partial charge in [0.25, 0.3) is 0 Å². The first-order valence-electron chi connectivity index (χ1n) is 6.89. The molecular weight excluding hydrogens is 258 g/mol. The van der Waals surface area contributed by atoms with E-state index in [2.05, 4.69) is 24.1 Å². The second-order valence-electron chi connectivity index (χ2n) is 5.42. The van der Waals surface area contributed by atoms with Crippen molar-refractivity contribution in [1.29, 1.82) is 0 Å². The highest BCUT2D eigenvalue weighted by Crippen LogP contribution is 2.14. The van der Waals surface area contributed by atoms with Crippen LogP contribution in [-0.2, 0) is 11.2 Å². The topological polar surface area (TPSA) is 68.0 Å². The second-order valence-corrected chi connectivity index (χ2v) is 6.36. The highest BCUT2D eigenvalue weighted by molar-refractivity contribution is 7.09. The molecule has 5 heteroatoms. The molecule has 108 valence electrons. The van der Waals surface area contributed by atoms with Crippen LogP contribution in [0.5, 0.6) is 0 Å². The molecule has 1 amide bonds. The molecule has 4 nitrogen and oxygen atoms in total. The maximum atomic E-state index is 11.8. The van der Waals surface area contributed by atoms with Crippen molar-refractivity contribution >= 4 is 17.2 Å². The van der Waals surface area contributed by atoms with E-state index in [9.17, 15) is 4.79 Å². The zero-order valence-electron chi connectivity index (χ0n) is 12.1. The first-order chi connectivity index (χ1) is 9.01. The van der Waals surface area contributed by atoms with Gasteiger partial charge in [0.1, 0.15) is 0 Å². The molecular formula is C14H25N3OS. The van der Waals surface area contributed by atoms with Crippen LogP contribution in [0.4, 0.5) is 0 Å². The third kappa shape index (κ3) is 6.68. The molecule has 0 radical (unpaired) electrons. The van der Waals surface area contributed by atoms with E-state index < -0.39 is 0 Å². The first kappa shape index (κ1) is 16.1. The van der Waals surface area contributed by atoms with Gasteiger partial charge in [-0.05, 0) is 31.7 Å². The van der Waals surface area contributed by atoms with Gasteiger partial charge in [0.2, 0.25) is 5.91 Å². The lowest BCUT2D eigenvalue weighted by molar-refractivity contribution is -0.122. The summed E-state index contributed by atoms with van der Waals surface area (Å²) in [7, 11) is 0. The van der Waals surface area contributed by atoms with Crippen molar-refractivity contribution < 1.29 is 4.79 Å². The van der Waals surface area contributed by atoms with Crippen molar-refractivity contribution in [2.24, 2.45) is 17.6 Å². The molecule has 0 aliphatic carbocycles. The van der Waals surface area contributed by atoms with Crippen molar-refractivity contribution in [3.05, 3.63) is 16.1 Å². The second kappa shape index (κ2) is 8.27. The van der Waals surface area contributed by atoms with Crippen LogP contribution in [0.3, 0.4) is 0 Å². The van der Waals surface area contributed by atoms with E-state index in [0.29, 0.717) is 31.3 Å². The van der Waals surface area contributed by atoms with Crippen molar-refractivity contribution in [2.75, 3.05) is 13.1 Å². The largest absolute Gasteiger partial charge is 0.356 e. The van der Waals surface area contributed by atoms with Gasteiger partial charge in [-0.1, -0.05) is 13.8 Å². The van der Waals surface area contributed by atoms with E-state index in [1.807, 2.05) is 12.3 Å². The Morgan fingerprint density at radius 1 is 1.53 bits per heavy atom. The number of carbonyl (C=O) groups is 1. The lowest BCUT2D eigenvalue weighted by atomic mass is 9.94. The van der Waals surface area contributed by atoms with Crippen LogP contribution in [0.15, 0.2) is 5.38 Å². The van der Waals surface area contributed by atoms with E-state index in [4.69, 9.17) is 5.73 Å². The predicted octanol–water partition coefficient (Wildman–Crippen LogP) is 2.12. The molecule has 1 rings (SSSR count). The fourth-order valence-electron chi connectivity index (χ4n) is 2.09. The van der Waals surface area contributed by atoms with E-state index in [-0.39, 0.29) is 5.91 Å². The molecule has 0 aliphatic heterocycles. The minimum absolute atomic E-state index is 0.101. The van der Waals surface area contributed by atoms with Gasteiger partial charge in [-0.2, -0.15) is 0 Å². The molecule has 0 fully saturated rings. The van der Waals surface area contributed by atoms with E-state index in [1.54, 1.807) is 11.3 Å². The lowest BCUT2D eigenvalue weighted by Crippen LogP contribution is -2.30. The average Bonchev–Trinajstić information content (AvgIpc) is 2.73. The maximum absolute atomic E-state index is 11.8. The van der Waals surface area contributed by atoms with E-state index >= 15 is 0 Å². The van der Waals surface area contributed by atoms with Gasteiger partial charge >= 0.3 is 0 Å². The number of carbonyl (C=O) groups excluding carboxylic acids is 1. The molecule has 0 saturated carbocycles. The van der Waals surface area contributed by atoms with E-state index in [1.165, 1.54) is 0 Å². The summed E-state index contributed by atoms with van der Waals surface area (Å²) in [5.41, 5.74) is 6.75. The predicted molar refractivity (Wildman–Crippen MR) is 80.2 cm³/mol.